The number of phenolic OH excluding ortho intramolecular Hbond substituents is 1. The fourth-order valence-corrected chi connectivity index (χ4v) is 1.09. The van der Waals surface area contributed by atoms with E-state index in [1.54, 1.807) is 20.8 Å². The van der Waals surface area contributed by atoms with Crippen molar-refractivity contribution in [2.45, 2.75) is 20.8 Å². The quantitative estimate of drug-likeness (QED) is 0.469. The maximum absolute atomic E-state index is 11.7. The number of carbonyl (C=O) groups excluding carboxylic acids is 1. The predicted octanol–water partition coefficient (Wildman–Crippen LogP) is 2.29. The fraction of sp³-hybridized carbons (Fsp3) is 0.364. The van der Waals surface area contributed by atoms with Crippen LogP contribution in [0, 0.1) is 15.5 Å². The zero-order valence-electron chi connectivity index (χ0n) is 9.85. The minimum Gasteiger partial charge on any atom is -0.508 e. The summed E-state index contributed by atoms with van der Waals surface area (Å²) in [7, 11) is 0. The van der Waals surface area contributed by atoms with Crippen molar-refractivity contribution in [2.75, 3.05) is 5.32 Å². The third kappa shape index (κ3) is 3.17. The van der Waals surface area contributed by atoms with Crippen LogP contribution in [0.4, 0.5) is 11.4 Å². The van der Waals surface area contributed by atoms with Gasteiger partial charge in [0, 0.05) is 5.41 Å². The SMILES string of the molecule is CC(C)(C)C(=O)Nc1ccc(O)cc1[N+](=O)[O-]. The number of benzene rings is 1. The van der Waals surface area contributed by atoms with Gasteiger partial charge in [-0.15, -0.1) is 0 Å². The molecular weight excluding hydrogens is 224 g/mol. The second-order valence-electron chi connectivity index (χ2n) is 4.66. The smallest absolute Gasteiger partial charge is 0.296 e. The number of carbonyl (C=O) groups is 1. The number of phenols is 1. The zero-order valence-corrected chi connectivity index (χ0v) is 9.85. The van der Waals surface area contributed by atoms with E-state index >= 15 is 0 Å². The Morgan fingerprint density at radius 3 is 2.47 bits per heavy atom. The van der Waals surface area contributed by atoms with E-state index in [9.17, 15) is 14.9 Å². The zero-order chi connectivity index (χ0) is 13.2. The van der Waals surface area contributed by atoms with E-state index in [0.29, 0.717) is 0 Å². The number of amides is 1. The van der Waals surface area contributed by atoms with Gasteiger partial charge >= 0.3 is 0 Å². The molecule has 1 amide bonds. The molecule has 0 unspecified atom stereocenters. The van der Waals surface area contributed by atoms with Crippen molar-refractivity contribution in [3.8, 4) is 5.75 Å². The van der Waals surface area contributed by atoms with Crippen LogP contribution in [0.15, 0.2) is 18.2 Å². The number of hydrogen-bond acceptors (Lipinski definition) is 4. The number of anilines is 1. The normalized spacial score (nSPS) is 11.0. The summed E-state index contributed by atoms with van der Waals surface area (Å²) in [4.78, 5) is 21.8. The maximum Gasteiger partial charge on any atom is 0.296 e. The number of nitrogens with one attached hydrogen (secondary N) is 1. The van der Waals surface area contributed by atoms with E-state index in [4.69, 9.17) is 5.11 Å². The van der Waals surface area contributed by atoms with Gasteiger partial charge < -0.3 is 10.4 Å². The summed E-state index contributed by atoms with van der Waals surface area (Å²) >= 11 is 0. The van der Waals surface area contributed by atoms with Crippen molar-refractivity contribution in [3.63, 3.8) is 0 Å². The van der Waals surface area contributed by atoms with Crippen molar-refractivity contribution < 1.29 is 14.8 Å². The summed E-state index contributed by atoms with van der Waals surface area (Å²) in [5, 5.41) is 22.4. The van der Waals surface area contributed by atoms with Crippen molar-refractivity contribution >= 4 is 17.3 Å². The molecule has 0 aliphatic heterocycles. The van der Waals surface area contributed by atoms with E-state index in [2.05, 4.69) is 5.32 Å². The highest BCUT2D eigenvalue weighted by atomic mass is 16.6. The summed E-state index contributed by atoms with van der Waals surface area (Å²) in [5.41, 5.74) is -0.901. The molecule has 0 atom stereocenters. The van der Waals surface area contributed by atoms with Crippen molar-refractivity contribution in [2.24, 2.45) is 5.41 Å². The fourth-order valence-electron chi connectivity index (χ4n) is 1.09. The van der Waals surface area contributed by atoms with Crippen LogP contribution in [0.5, 0.6) is 5.75 Å². The first kappa shape index (κ1) is 13.0. The molecule has 1 aromatic carbocycles. The maximum atomic E-state index is 11.7. The van der Waals surface area contributed by atoms with Crippen LogP contribution in [-0.2, 0) is 4.79 Å². The Labute approximate surface area is 98.4 Å². The molecule has 0 heterocycles. The number of nitro benzene ring substituents is 1. The van der Waals surface area contributed by atoms with Crippen LogP contribution < -0.4 is 5.32 Å². The van der Waals surface area contributed by atoms with Gasteiger partial charge in [-0.3, -0.25) is 14.9 Å². The standard InChI is InChI=1S/C11H14N2O4/c1-11(2,3)10(15)12-8-5-4-7(14)6-9(8)13(16)17/h4-6,14H,1-3H3,(H,12,15). The number of nitrogens with zero attached hydrogens (tertiary/aromatic N) is 1. The first-order valence-electron chi connectivity index (χ1n) is 5.00. The molecule has 0 aliphatic rings. The number of hydrogen-bond donors (Lipinski definition) is 2. The topological polar surface area (TPSA) is 92.5 Å². The minimum atomic E-state index is -0.655. The largest absolute Gasteiger partial charge is 0.508 e. The van der Waals surface area contributed by atoms with Crippen LogP contribution in [0.25, 0.3) is 0 Å². The van der Waals surface area contributed by atoms with Crippen LogP contribution in [-0.4, -0.2) is 15.9 Å². The molecule has 0 aliphatic carbocycles. The molecular formula is C11H14N2O4. The second-order valence-corrected chi connectivity index (χ2v) is 4.66. The molecule has 1 aromatic rings. The molecule has 17 heavy (non-hydrogen) atoms. The summed E-state index contributed by atoms with van der Waals surface area (Å²) in [6.45, 7) is 5.11. The average molecular weight is 238 g/mol. The molecule has 92 valence electrons. The Morgan fingerprint density at radius 1 is 1.41 bits per heavy atom. The molecule has 6 heteroatoms. The molecule has 1 rings (SSSR count). The van der Waals surface area contributed by atoms with Crippen molar-refractivity contribution in [1.82, 2.24) is 0 Å². The number of rotatable bonds is 2. The lowest BCUT2D eigenvalue weighted by Crippen LogP contribution is -2.27. The Hall–Kier alpha value is -2.11. The Morgan fingerprint density at radius 2 is 2.00 bits per heavy atom. The monoisotopic (exact) mass is 238 g/mol. The van der Waals surface area contributed by atoms with E-state index in [1.165, 1.54) is 12.1 Å². The summed E-state index contributed by atoms with van der Waals surface area (Å²) in [6.07, 6.45) is 0. The molecule has 0 saturated heterocycles. The first-order chi connectivity index (χ1) is 7.71. The van der Waals surface area contributed by atoms with Gasteiger partial charge in [-0.2, -0.15) is 0 Å². The van der Waals surface area contributed by atoms with Gasteiger partial charge in [0.15, 0.2) is 0 Å². The molecule has 0 bridgehead atoms. The van der Waals surface area contributed by atoms with Gasteiger partial charge in [0.25, 0.3) is 5.69 Å². The van der Waals surface area contributed by atoms with Crippen LogP contribution in [0.3, 0.4) is 0 Å². The summed E-state index contributed by atoms with van der Waals surface area (Å²) in [6, 6.07) is 3.58. The summed E-state index contributed by atoms with van der Waals surface area (Å²) in [5.74, 6) is -0.545. The highest BCUT2D eigenvalue weighted by Crippen LogP contribution is 2.29. The molecule has 0 fully saturated rings. The Kier molecular flexibility index (Phi) is 3.36. The minimum absolute atomic E-state index is 0.0766. The van der Waals surface area contributed by atoms with Gasteiger partial charge in [0.1, 0.15) is 11.4 Å². The molecule has 6 nitrogen and oxygen atoms in total. The van der Waals surface area contributed by atoms with Crippen molar-refractivity contribution in [3.05, 3.63) is 28.3 Å². The van der Waals surface area contributed by atoms with Gasteiger partial charge in [0.05, 0.1) is 11.0 Å². The van der Waals surface area contributed by atoms with E-state index < -0.39 is 10.3 Å². The second kappa shape index (κ2) is 4.40. The van der Waals surface area contributed by atoms with Crippen LogP contribution in [0.2, 0.25) is 0 Å². The lowest BCUT2D eigenvalue weighted by molar-refractivity contribution is -0.384. The Balaban J connectivity index is 3.07. The average Bonchev–Trinajstić information content (AvgIpc) is 2.18. The lowest BCUT2D eigenvalue weighted by Gasteiger charge is -2.17. The molecule has 0 spiro atoms. The van der Waals surface area contributed by atoms with Crippen molar-refractivity contribution in [1.29, 1.82) is 0 Å². The first-order valence-corrected chi connectivity index (χ1v) is 5.00. The lowest BCUT2D eigenvalue weighted by atomic mass is 9.95. The molecule has 0 radical (unpaired) electrons. The van der Waals surface area contributed by atoms with Gasteiger partial charge in [0.2, 0.25) is 5.91 Å². The molecule has 2 N–H and O–H groups in total. The number of aromatic hydroxyl groups is 1. The van der Waals surface area contributed by atoms with E-state index in [1.807, 2.05) is 0 Å². The van der Waals surface area contributed by atoms with Crippen LogP contribution in [0.1, 0.15) is 20.8 Å². The van der Waals surface area contributed by atoms with Gasteiger partial charge in [-0.05, 0) is 12.1 Å². The van der Waals surface area contributed by atoms with E-state index in [0.717, 1.165) is 6.07 Å². The number of nitro groups is 1. The van der Waals surface area contributed by atoms with E-state index in [-0.39, 0.29) is 23.0 Å². The molecule has 0 saturated carbocycles. The highest BCUT2D eigenvalue weighted by molar-refractivity contribution is 5.96. The highest BCUT2D eigenvalue weighted by Gasteiger charge is 2.24. The summed E-state index contributed by atoms with van der Waals surface area (Å²) < 4.78 is 0. The molecule has 0 aromatic heterocycles. The predicted molar refractivity (Wildman–Crippen MR) is 62.8 cm³/mol. The third-order valence-electron chi connectivity index (χ3n) is 2.11. The van der Waals surface area contributed by atoms with Gasteiger partial charge in [-0.25, -0.2) is 0 Å². The Bertz CT molecular complexity index is 463. The van der Waals surface area contributed by atoms with Gasteiger partial charge in [-0.1, -0.05) is 20.8 Å². The third-order valence-corrected chi connectivity index (χ3v) is 2.11. The van der Waals surface area contributed by atoms with Crippen LogP contribution >= 0.6 is 0 Å².